The summed E-state index contributed by atoms with van der Waals surface area (Å²) in [6.07, 6.45) is 4.35. The van der Waals surface area contributed by atoms with Gasteiger partial charge in [-0.05, 0) is 26.3 Å². The van der Waals surface area contributed by atoms with Crippen LogP contribution < -0.4 is 5.32 Å². The zero-order chi connectivity index (χ0) is 8.39. The maximum Gasteiger partial charge on any atom is 0.147 e. The fourth-order valence-corrected chi connectivity index (χ4v) is 1.61. The molecule has 4 nitrogen and oxygen atoms in total. The van der Waals surface area contributed by atoms with Crippen LogP contribution in [0.5, 0.6) is 0 Å². The van der Waals surface area contributed by atoms with Crippen LogP contribution in [0.1, 0.15) is 18.7 Å². The Morgan fingerprint density at radius 1 is 1.75 bits per heavy atom. The number of nitrogens with zero attached hydrogens (tertiary/aromatic N) is 3. The van der Waals surface area contributed by atoms with E-state index in [2.05, 4.69) is 15.4 Å². The monoisotopic (exact) mass is 166 g/mol. The predicted molar refractivity (Wildman–Crippen MR) is 45.8 cm³/mol. The van der Waals surface area contributed by atoms with Crippen LogP contribution in [-0.2, 0) is 6.54 Å². The van der Waals surface area contributed by atoms with Gasteiger partial charge in [0.25, 0.3) is 0 Å². The van der Waals surface area contributed by atoms with Gasteiger partial charge >= 0.3 is 0 Å². The summed E-state index contributed by atoms with van der Waals surface area (Å²) in [6.45, 7) is 4.03. The first-order valence-corrected chi connectivity index (χ1v) is 4.44. The van der Waals surface area contributed by atoms with E-state index in [1.807, 2.05) is 11.6 Å². The average molecular weight is 166 g/mol. The van der Waals surface area contributed by atoms with E-state index in [0.717, 1.165) is 18.9 Å². The molecule has 0 aromatic carbocycles. The van der Waals surface area contributed by atoms with Crippen LogP contribution in [0, 0.1) is 6.92 Å². The van der Waals surface area contributed by atoms with Crippen molar-refractivity contribution in [2.75, 3.05) is 6.54 Å². The normalized spacial score (nSPS) is 23.2. The highest BCUT2D eigenvalue weighted by Crippen LogP contribution is 2.06. The van der Waals surface area contributed by atoms with E-state index in [1.165, 1.54) is 12.8 Å². The molecule has 0 radical (unpaired) electrons. The Balaban J connectivity index is 1.94. The summed E-state index contributed by atoms with van der Waals surface area (Å²) >= 11 is 0. The highest BCUT2D eigenvalue weighted by Gasteiger charge is 2.14. The van der Waals surface area contributed by atoms with Crippen molar-refractivity contribution in [2.45, 2.75) is 32.4 Å². The molecule has 2 heterocycles. The molecule has 4 heteroatoms. The largest absolute Gasteiger partial charge is 0.312 e. The quantitative estimate of drug-likeness (QED) is 0.689. The summed E-state index contributed by atoms with van der Waals surface area (Å²) < 4.78 is 1.92. The molecule has 66 valence electrons. The Morgan fingerprint density at radius 3 is 3.25 bits per heavy atom. The third kappa shape index (κ3) is 1.64. The maximum absolute atomic E-state index is 4.24. The minimum atomic E-state index is 0.603. The number of hydrogen-bond donors (Lipinski definition) is 1. The van der Waals surface area contributed by atoms with Gasteiger partial charge in [0, 0.05) is 6.04 Å². The van der Waals surface area contributed by atoms with Crippen molar-refractivity contribution in [1.29, 1.82) is 0 Å². The molecular formula is C8H14N4. The van der Waals surface area contributed by atoms with Gasteiger partial charge in [-0.1, -0.05) is 0 Å². The lowest BCUT2D eigenvalue weighted by molar-refractivity contribution is 0.474. The minimum absolute atomic E-state index is 0.603. The van der Waals surface area contributed by atoms with Gasteiger partial charge in [0.05, 0.1) is 6.54 Å². The van der Waals surface area contributed by atoms with Crippen LogP contribution in [0.15, 0.2) is 6.33 Å². The molecule has 12 heavy (non-hydrogen) atoms. The van der Waals surface area contributed by atoms with Crippen molar-refractivity contribution in [2.24, 2.45) is 0 Å². The van der Waals surface area contributed by atoms with E-state index in [0.29, 0.717) is 6.04 Å². The molecule has 1 atom stereocenters. The van der Waals surface area contributed by atoms with Crippen molar-refractivity contribution >= 4 is 0 Å². The molecule has 1 N–H and O–H groups in total. The molecular weight excluding hydrogens is 152 g/mol. The highest BCUT2D eigenvalue weighted by molar-refractivity contribution is 4.79. The number of nitrogens with one attached hydrogen (secondary N) is 1. The lowest BCUT2D eigenvalue weighted by atomic mass is 10.2. The van der Waals surface area contributed by atoms with E-state index < -0.39 is 0 Å². The van der Waals surface area contributed by atoms with Crippen LogP contribution in [-0.4, -0.2) is 27.4 Å². The average Bonchev–Trinajstić information content (AvgIpc) is 2.63. The van der Waals surface area contributed by atoms with E-state index in [1.54, 1.807) is 6.33 Å². The van der Waals surface area contributed by atoms with Gasteiger partial charge in [0.15, 0.2) is 0 Å². The summed E-state index contributed by atoms with van der Waals surface area (Å²) in [5.74, 6) is 0.855. The van der Waals surface area contributed by atoms with Gasteiger partial charge in [-0.25, -0.2) is 4.98 Å². The van der Waals surface area contributed by atoms with E-state index in [4.69, 9.17) is 0 Å². The van der Waals surface area contributed by atoms with Gasteiger partial charge in [-0.15, -0.1) is 0 Å². The second-order valence-electron chi connectivity index (χ2n) is 3.31. The summed E-state index contributed by atoms with van der Waals surface area (Å²) in [4.78, 5) is 4.08. The Kier molecular flexibility index (Phi) is 2.08. The number of hydrogen-bond acceptors (Lipinski definition) is 3. The standard InChI is InChI=1S/C8H14N4/c1-7-10-6-12(11-7)5-8-3-2-4-9-8/h6,8-9H,2-5H2,1H3. The minimum Gasteiger partial charge on any atom is -0.312 e. The lowest BCUT2D eigenvalue weighted by Crippen LogP contribution is -2.26. The van der Waals surface area contributed by atoms with Gasteiger partial charge in [0.2, 0.25) is 0 Å². The Morgan fingerprint density at radius 2 is 2.67 bits per heavy atom. The smallest absolute Gasteiger partial charge is 0.147 e. The molecule has 0 aliphatic carbocycles. The van der Waals surface area contributed by atoms with Crippen molar-refractivity contribution < 1.29 is 0 Å². The predicted octanol–water partition coefficient (Wildman–Crippen LogP) is 0.339. The molecule has 2 rings (SSSR count). The third-order valence-electron chi connectivity index (χ3n) is 2.22. The van der Waals surface area contributed by atoms with Gasteiger partial charge in [0.1, 0.15) is 12.2 Å². The highest BCUT2D eigenvalue weighted by atomic mass is 15.3. The summed E-state index contributed by atoms with van der Waals surface area (Å²) in [7, 11) is 0. The van der Waals surface area contributed by atoms with E-state index in [-0.39, 0.29) is 0 Å². The fourth-order valence-electron chi connectivity index (χ4n) is 1.61. The van der Waals surface area contributed by atoms with Crippen LogP contribution in [0.25, 0.3) is 0 Å². The van der Waals surface area contributed by atoms with Crippen molar-refractivity contribution in [3.05, 3.63) is 12.2 Å². The number of rotatable bonds is 2. The molecule has 1 aromatic heterocycles. The van der Waals surface area contributed by atoms with Gasteiger partial charge in [-0.3, -0.25) is 4.68 Å². The maximum atomic E-state index is 4.24. The Labute approximate surface area is 72.0 Å². The lowest BCUT2D eigenvalue weighted by Gasteiger charge is -2.08. The summed E-state index contributed by atoms with van der Waals surface area (Å²) in [6, 6.07) is 0.603. The molecule has 1 unspecified atom stereocenters. The Hall–Kier alpha value is -0.900. The summed E-state index contributed by atoms with van der Waals surface area (Å²) in [5.41, 5.74) is 0. The molecule has 0 saturated carbocycles. The van der Waals surface area contributed by atoms with Crippen molar-refractivity contribution in [3.8, 4) is 0 Å². The van der Waals surface area contributed by atoms with Gasteiger partial charge < -0.3 is 5.32 Å². The van der Waals surface area contributed by atoms with Crippen LogP contribution >= 0.6 is 0 Å². The molecule has 1 saturated heterocycles. The third-order valence-corrected chi connectivity index (χ3v) is 2.22. The molecule has 1 aliphatic heterocycles. The van der Waals surface area contributed by atoms with E-state index >= 15 is 0 Å². The van der Waals surface area contributed by atoms with Gasteiger partial charge in [-0.2, -0.15) is 5.10 Å². The second kappa shape index (κ2) is 3.23. The molecule has 0 spiro atoms. The van der Waals surface area contributed by atoms with Crippen molar-refractivity contribution in [3.63, 3.8) is 0 Å². The summed E-state index contributed by atoms with van der Waals surface area (Å²) in [5, 5.41) is 7.67. The molecule has 1 aromatic rings. The zero-order valence-electron chi connectivity index (χ0n) is 7.32. The van der Waals surface area contributed by atoms with E-state index in [9.17, 15) is 0 Å². The first-order valence-electron chi connectivity index (χ1n) is 4.44. The Bertz CT molecular complexity index is 249. The number of aryl methyl sites for hydroxylation is 1. The van der Waals surface area contributed by atoms with Crippen LogP contribution in [0.2, 0.25) is 0 Å². The van der Waals surface area contributed by atoms with Crippen molar-refractivity contribution in [1.82, 2.24) is 20.1 Å². The molecule has 1 aliphatic rings. The molecule has 1 fully saturated rings. The molecule has 0 bridgehead atoms. The van der Waals surface area contributed by atoms with Crippen LogP contribution in [0.4, 0.5) is 0 Å². The number of aromatic nitrogens is 3. The fraction of sp³-hybridized carbons (Fsp3) is 0.750. The SMILES string of the molecule is Cc1ncn(CC2CCCN2)n1. The first kappa shape index (κ1) is 7.73. The first-order chi connectivity index (χ1) is 5.84. The topological polar surface area (TPSA) is 42.7 Å². The van der Waals surface area contributed by atoms with Crippen LogP contribution in [0.3, 0.4) is 0 Å². The molecule has 0 amide bonds. The second-order valence-corrected chi connectivity index (χ2v) is 3.31. The zero-order valence-corrected chi connectivity index (χ0v) is 7.32.